The second-order valence-electron chi connectivity index (χ2n) is 2.77. The number of nitrogens with one attached hydrogen (secondary N) is 1. The van der Waals surface area contributed by atoms with Gasteiger partial charge < -0.3 is 5.32 Å². The maximum Gasteiger partial charge on any atom is 0.287 e. The minimum absolute atomic E-state index is 0.447. The maximum absolute atomic E-state index is 10.9. The standard InChI is InChI=1S/C9H10BrNO2S/c1-6(12)9(13)11-5-4-7-2-3-8(10)14-7/h2-3H,4-5H2,1H3,(H,11,13). The number of rotatable bonds is 4. The number of hydrogen-bond acceptors (Lipinski definition) is 3. The van der Waals surface area contributed by atoms with Crippen molar-refractivity contribution in [2.24, 2.45) is 0 Å². The quantitative estimate of drug-likeness (QED) is 0.852. The summed E-state index contributed by atoms with van der Waals surface area (Å²) in [4.78, 5) is 22.6. The van der Waals surface area contributed by atoms with E-state index < -0.39 is 11.7 Å². The van der Waals surface area contributed by atoms with Crippen LogP contribution in [0.3, 0.4) is 0 Å². The van der Waals surface area contributed by atoms with Crippen LogP contribution in [0, 0.1) is 0 Å². The van der Waals surface area contributed by atoms with Gasteiger partial charge in [-0.2, -0.15) is 0 Å². The first kappa shape index (κ1) is 11.4. The van der Waals surface area contributed by atoms with E-state index in [9.17, 15) is 9.59 Å². The highest BCUT2D eigenvalue weighted by atomic mass is 79.9. The fourth-order valence-corrected chi connectivity index (χ4v) is 2.39. The number of carbonyl (C=O) groups excluding carboxylic acids is 2. The molecule has 0 atom stereocenters. The Kier molecular flexibility index (Phi) is 4.28. The molecule has 76 valence electrons. The molecule has 1 rings (SSSR count). The van der Waals surface area contributed by atoms with E-state index in [-0.39, 0.29) is 0 Å². The van der Waals surface area contributed by atoms with Crippen molar-refractivity contribution >= 4 is 39.0 Å². The molecule has 0 aliphatic rings. The predicted octanol–water partition coefficient (Wildman–Crippen LogP) is 1.76. The van der Waals surface area contributed by atoms with Crippen molar-refractivity contribution in [1.29, 1.82) is 0 Å². The topological polar surface area (TPSA) is 46.2 Å². The second-order valence-corrected chi connectivity index (χ2v) is 5.32. The first-order chi connectivity index (χ1) is 6.59. The van der Waals surface area contributed by atoms with E-state index in [4.69, 9.17) is 0 Å². The SMILES string of the molecule is CC(=O)C(=O)NCCc1ccc(Br)s1. The van der Waals surface area contributed by atoms with E-state index in [1.54, 1.807) is 11.3 Å². The highest BCUT2D eigenvalue weighted by Crippen LogP contribution is 2.21. The van der Waals surface area contributed by atoms with E-state index in [1.165, 1.54) is 11.8 Å². The summed E-state index contributed by atoms with van der Waals surface area (Å²) in [5.74, 6) is -0.960. The van der Waals surface area contributed by atoms with Gasteiger partial charge in [-0.3, -0.25) is 9.59 Å². The Balaban J connectivity index is 2.29. The zero-order valence-electron chi connectivity index (χ0n) is 7.67. The highest BCUT2D eigenvalue weighted by molar-refractivity contribution is 9.11. The Labute approximate surface area is 94.6 Å². The van der Waals surface area contributed by atoms with Crippen molar-refractivity contribution in [3.05, 3.63) is 20.8 Å². The molecule has 0 spiro atoms. The van der Waals surface area contributed by atoms with Gasteiger partial charge in [-0.05, 0) is 34.5 Å². The van der Waals surface area contributed by atoms with Crippen molar-refractivity contribution in [3.8, 4) is 0 Å². The molecule has 0 saturated heterocycles. The van der Waals surface area contributed by atoms with Gasteiger partial charge in [0.2, 0.25) is 5.78 Å². The van der Waals surface area contributed by atoms with Crippen LogP contribution in [0.1, 0.15) is 11.8 Å². The van der Waals surface area contributed by atoms with Gasteiger partial charge in [0.25, 0.3) is 5.91 Å². The zero-order chi connectivity index (χ0) is 10.6. The van der Waals surface area contributed by atoms with Gasteiger partial charge in [0.05, 0.1) is 3.79 Å². The molecule has 1 aromatic rings. The van der Waals surface area contributed by atoms with Crippen LogP contribution in [0.25, 0.3) is 0 Å². The van der Waals surface area contributed by atoms with Crippen LogP contribution in [-0.4, -0.2) is 18.2 Å². The molecule has 14 heavy (non-hydrogen) atoms. The number of thiophene rings is 1. The fraction of sp³-hybridized carbons (Fsp3) is 0.333. The molecule has 0 radical (unpaired) electrons. The van der Waals surface area contributed by atoms with E-state index in [0.717, 1.165) is 10.2 Å². The summed E-state index contributed by atoms with van der Waals surface area (Å²) in [7, 11) is 0. The molecule has 1 heterocycles. The van der Waals surface area contributed by atoms with Crippen LogP contribution < -0.4 is 5.32 Å². The fourth-order valence-electron chi connectivity index (χ4n) is 0.910. The molecule has 1 aromatic heterocycles. The first-order valence-electron chi connectivity index (χ1n) is 4.12. The number of hydrogen-bond donors (Lipinski definition) is 1. The monoisotopic (exact) mass is 275 g/mol. The maximum atomic E-state index is 10.9. The van der Waals surface area contributed by atoms with Crippen LogP contribution in [0.2, 0.25) is 0 Å². The number of carbonyl (C=O) groups is 2. The van der Waals surface area contributed by atoms with E-state index in [1.807, 2.05) is 12.1 Å². The van der Waals surface area contributed by atoms with Gasteiger partial charge in [0.15, 0.2) is 0 Å². The Morgan fingerprint density at radius 2 is 2.21 bits per heavy atom. The summed E-state index contributed by atoms with van der Waals surface area (Å²) in [6.45, 7) is 1.77. The van der Waals surface area contributed by atoms with Crippen LogP contribution in [0.15, 0.2) is 15.9 Å². The third-order valence-corrected chi connectivity index (χ3v) is 3.29. The summed E-state index contributed by atoms with van der Waals surface area (Å²) in [5, 5.41) is 2.54. The van der Waals surface area contributed by atoms with Crippen LogP contribution in [0.5, 0.6) is 0 Å². The van der Waals surface area contributed by atoms with Crippen molar-refractivity contribution in [2.75, 3.05) is 6.54 Å². The summed E-state index contributed by atoms with van der Waals surface area (Å²) >= 11 is 4.98. The minimum atomic E-state index is -0.513. The molecule has 0 bridgehead atoms. The molecular weight excluding hydrogens is 266 g/mol. The van der Waals surface area contributed by atoms with E-state index in [2.05, 4.69) is 21.2 Å². The van der Waals surface area contributed by atoms with Crippen LogP contribution in [0.4, 0.5) is 0 Å². The molecule has 3 nitrogen and oxygen atoms in total. The van der Waals surface area contributed by atoms with E-state index in [0.29, 0.717) is 6.54 Å². The first-order valence-corrected chi connectivity index (χ1v) is 5.73. The predicted molar refractivity (Wildman–Crippen MR) is 59.4 cm³/mol. The Hall–Kier alpha value is -0.680. The molecule has 5 heteroatoms. The largest absolute Gasteiger partial charge is 0.349 e. The summed E-state index contributed by atoms with van der Waals surface area (Å²) in [6, 6.07) is 3.96. The molecule has 0 aliphatic heterocycles. The van der Waals surface area contributed by atoms with Crippen LogP contribution >= 0.6 is 27.3 Å². The average molecular weight is 276 g/mol. The molecule has 0 fully saturated rings. The lowest BCUT2D eigenvalue weighted by Gasteiger charge is -1.99. The molecule has 0 unspecified atom stereocenters. The van der Waals surface area contributed by atoms with Gasteiger partial charge in [-0.1, -0.05) is 0 Å². The second kappa shape index (κ2) is 5.26. The summed E-state index contributed by atoms with van der Waals surface area (Å²) in [5.41, 5.74) is 0. The smallest absolute Gasteiger partial charge is 0.287 e. The number of halogens is 1. The molecule has 0 aromatic carbocycles. The lowest BCUT2D eigenvalue weighted by molar-refractivity contribution is -0.136. The Morgan fingerprint density at radius 1 is 1.50 bits per heavy atom. The summed E-state index contributed by atoms with van der Waals surface area (Å²) < 4.78 is 1.07. The van der Waals surface area contributed by atoms with Crippen LogP contribution in [-0.2, 0) is 16.0 Å². The molecular formula is C9H10BrNO2S. The van der Waals surface area contributed by atoms with Gasteiger partial charge in [-0.15, -0.1) is 11.3 Å². The van der Waals surface area contributed by atoms with Crippen molar-refractivity contribution in [3.63, 3.8) is 0 Å². The molecule has 0 saturated carbocycles. The number of Topliss-reactive ketones (excluding diaryl/α,β-unsaturated/α-hetero) is 1. The Bertz CT molecular complexity index is 348. The average Bonchev–Trinajstić information content (AvgIpc) is 2.51. The van der Waals surface area contributed by atoms with E-state index >= 15 is 0 Å². The zero-order valence-corrected chi connectivity index (χ0v) is 10.1. The Morgan fingerprint density at radius 3 is 2.71 bits per heavy atom. The molecule has 1 amide bonds. The summed E-state index contributed by atoms with van der Waals surface area (Å²) in [6.07, 6.45) is 0.759. The number of amides is 1. The van der Waals surface area contributed by atoms with Gasteiger partial charge in [0.1, 0.15) is 0 Å². The van der Waals surface area contributed by atoms with Crippen molar-refractivity contribution in [2.45, 2.75) is 13.3 Å². The molecule has 0 aliphatic carbocycles. The van der Waals surface area contributed by atoms with Crippen molar-refractivity contribution in [1.82, 2.24) is 5.32 Å². The van der Waals surface area contributed by atoms with Gasteiger partial charge >= 0.3 is 0 Å². The highest BCUT2D eigenvalue weighted by Gasteiger charge is 2.05. The third-order valence-electron chi connectivity index (χ3n) is 1.61. The number of ketones is 1. The van der Waals surface area contributed by atoms with Gasteiger partial charge in [-0.25, -0.2) is 0 Å². The third kappa shape index (κ3) is 3.59. The lowest BCUT2D eigenvalue weighted by Crippen LogP contribution is -2.30. The molecule has 1 N–H and O–H groups in total. The normalized spacial score (nSPS) is 9.86. The van der Waals surface area contributed by atoms with Crippen molar-refractivity contribution < 1.29 is 9.59 Å². The lowest BCUT2D eigenvalue weighted by atomic mass is 10.3. The van der Waals surface area contributed by atoms with Gasteiger partial charge in [0, 0.05) is 18.3 Å². The minimum Gasteiger partial charge on any atom is -0.349 e.